The fourth-order valence-corrected chi connectivity index (χ4v) is 7.48. The second kappa shape index (κ2) is 10.7. The maximum atomic E-state index is 15.2. The van der Waals surface area contributed by atoms with E-state index in [1.807, 2.05) is 60.4 Å². The number of anilines is 2. The highest BCUT2D eigenvalue weighted by Gasteiger charge is 2.70. The lowest BCUT2D eigenvalue weighted by molar-refractivity contribution is -0.384. The van der Waals surface area contributed by atoms with Gasteiger partial charge in [-0.25, -0.2) is 0 Å². The molecular weight excluding hydrogens is 586 g/mol. The molecule has 230 valence electrons. The van der Waals surface area contributed by atoms with Crippen LogP contribution in [0.2, 0.25) is 0 Å². The minimum atomic E-state index is -1.53. The second-order valence-electron chi connectivity index (χ2n) is 11.6. The van der Waals surface area contributed by atoms with Crippen molar-refractivity contribution in [2.75, 3.05) is 24.4 Å². The number of methoxy groups -OCH3 is 2. The predicted octanol–water partition coefficient (Wildman–Crippen LogP) is 5.86. The van der Waals surface area contributed by atoms with Gasteiger partial charge >= 0.3 is 0 Å². The van der Waals surface area contributed by atoms with Gasteiger partial charge in [-0.1, -0.05) is 42.5 Å². The molecule has 10 heteroatoms. The van der Waals surface area contributed by atoms with Crippen LogP contribution in [0.4, 0.5) is 17.1 Å². The summed E-state index contributed by atoms with van der Waals surface area (Å²) in [4.78, 5) is 57.5. The summed E-state index contributed by atoms with van der Waals surface area (Å²) in [5, 5.41) is 14.4. The van der Waals surface area contributed by atoms with Crippen LogP contribution in [0, 0.1) is 16.0 Å². The van der Waals surface area contributed by atoms with Crippen molar-refractivity contribution in [1.82, 2.24) is 0 Å². The van der Waals surface area contributed by atoms with E-state index < -0.39 is 45.8 Å². The number of rotatable bonds is 7. The molecule has 0 saturated carbocycles. The number of nitro benzene ring substituents is 1. The fourth-order valence-electron chi connectivity index (χ4n) is 7.48. The van der Waals surface area contributed by atoms with Gasteiger partial charge in [-0.2, -0.15) is 0 Å². The summed E-state index contributed by atoms with van der Waals surface area (Å²) >= 11 is 0. The maximum absolute atomic E-state index is 15.2. The van der Waals surface area contributed by atoms with Crippen LogP contribution in [0.3, 0.4) is 0 Å². The van der Waals surface area contributed by atoms with E-state index in [1.165, 1.54) is 38.5 Å². The van der Waals surface area contributed by atoms with Crippen LogP contribution in [0.25, 0.3) is 5.57 Å². The van der Waals surface area contributed by atoms with Gasteiger partial charge in [-0.05, 0) is 60.5 Å². The highest BCUT2D eigenvalue weighted by atomic mass is 16.6. The molecule has 1 saturated heterocycles. The number of ketones is 2. The number of para-hydroxylation sites is 2. The van der Waals surface area contributed by atoms with Gasteiger partial charge in [-0.3, -0.25) is 24.5 Å². The molecule has 3 heterocycles. The van der Waals surface area contributed by atoms with Crippen molar-refractivity contribution >= 4 is 40.1 Å². The van der Waals surface area contributed by atoms with Crippen LogP contribution in [0.1, 0.15) is 38.8 Å². The van der Waals surface area contributed by atoms with Crippen LogP contribution in [-0.2, 0) is 10.2 Å². The number of carbonyl (C=O) groups excluding carboxylic acids is 3. The number of non-ortho nitro benzene ring substituents is 1. The lowest BCUT2D eigenvalue weighted by atomic mass is 9.63. The molecule has 0 aliphatic carbocycles. The molecular formula is C36H29N3O7. The number of hydrogen-bond acceptors (Lipinski definition) is 8. The molecule has 1 fully saturated rings. The number of carbonyl (C=O) groups is 3. The number of nitro groups is 1. The quantitative estimate of drug-likeness (QED) is 0.156. The Morgan fingerprint density at radius 2 is 1.63 bits per heavy atom. The van der Waals surface area contributed by atoms with E-state index in [2.05, 4.69) is 5.32 Å². The molecule has 3 aliphatic rings. The molecule has 3 aliphatic heterocycles. The molecule has 1 spiro atoms. The van der Waals surface area contributed by atoms with Crippen molar-refractivity contribution in [1.29, 1.82) is 0 Å². The summed E-state index contributed by atoms with van der Waals surface area (Å²) in [5.74, 6) is -1.89. The zero-order valence-electron chi connectivity index (χ0n) is 25.2. The monoisotopic (exact) mass is 615 g/mol. The standard InChI is InChI=1S/C36H29N3O7/c1-20-18-30-36(26-9-5-6-10-27(26)37-35(36)42)31(34(41)25-19-23(45-2)16-17-29(25)46-3)32(38(30)28-11-7-4-8-24(20)28)33(40)21-12-14-22(15-13-21)39(43)44/h4-19,30-32H,1-3H3,(H,37,42)/t30-,31+,32+,36-/m1/s1. The van der Waals surface area contributed by atoms with Crippen LogP contribution in [0.5, 0.6) is 11.5 Å². The summed E-state index contributed by atoms with van der Waals surface area (Å²) < 4.78 is 11.1. The van der Waals surface area contributed by atoms with E-state index in [-0.39, 0.29) is 22.6 Å². The van der Waals surface area contributed by atoms with Crippen molar-refractivity contribution in [3.63, 3.8) is 0 Å². The summed E-state index contributed by atoms with van der Waals surface area (Å²) in [6.07, 6.45) is 1.97. The smallest absolute Gasteiger partial charge is 0.269 e. The lowest BCUT2D eigenvalue weighted by Crippen LogP contribution is -2.51. The molecule has 0 aromatic heterocycles. The van der Waals surface area contributed by atoms with Gasteiger partial charge in [-0.15, -0.1) is 0 Å². The van der Waals surface area contributed by atoms with E-state index in [1.54, 1.807) is 24.3 Å². The SMILES string of the molecule is COc1ccc(OC)c(C(=O)[C@@H]2[C@@H](C(=O)c3ccc([N+](=O)[O-])cc3)N3c4ccccc4C(C)=C[C@@H]3[C@@]23C(=O)Nc2ccccc23)c1. The van der Waals surface area contributed by atoms with Crippen LogP contribution >= 0.6 is 0 Å². The van der Waals surface area contributed by atoms with Crippen molar-refractivity contribution in [3.8, 4) is 11.5 Å². The molecule has 0 bridgehead atoms. The molecule has 46 heavy (non-hydrogen) atoms. The van der Waals surface area contributed by atoms with Crippen molar-refractivity contribution in [2.45, 2.75) is 24.4 Å². The topological polar surface area (TPSA) is 128 Å². The van der Waals surface area contributed by atoms with Crippen LogP contribution < -0.4 is 19.7 Å². The lowest BCUT2D eigenvalue weighted by Gasteiger charge is -2.39. The number of hydrogen-bond donors (Lipinski definition) is 1. The first-order valence-electron chi connectivity index (χ1n) is 14.7. The Kier molecular flexibility index (Phi) is 6.73. The van der Waals surface area contributed by atoms with Crippen molar-refractivity contribution in [3.05, 3.63) is 129 Å². The van der Waals surface area contributed by atoms with Gasteiger partial charge in [0.2, 0.25) is 5.91 Å². The number of benzene rings is 4. The van der Waals surface area contributed by atoms with E-state index in [0.29, 0.717) is 22.7 Å². The van der Waals surface area contributed by atoms with E-state index in [4.69, 9.17) is 9.47 Å². The normalized spacial score (nSPS) is 22.3. The number of nitrogens with zero attached hydrogens (tertiary/aromatic N) is 2. The molecule has 1 amide bonds. The number of ether oxygens (including phenoxy) is 2. The predicted molar refractivity (Wildman–Crippen MR) is 172 cm³/mol. The highest BCUT2D eigenvalue weighted by Crippen LogP contribution is 2.59. The molecule has 10 nitrogen and oxygen atoms in total. The van der Waals surface area contributed by atoms with Gasteiger partial charge in [0.1, 0.15) is 23.0 Å². The van der Waals surface area contributed by atoms with Crippen LogP contribution in [0.15, 0.2) is 97.1 Å². The van der Waals surface area contributed by atoms with E-state index in [0.717, 1.165) is 11.1 Å². The number of nitrogens with one attached hydrogen (secondary N) is 1. The molecule has 0 radical (unpaired) electrons. The average molecular weight is 616 g/mol. The maximum Gasteiger partial charge on any atom is 0.269 e. The number of amides is 1. The second-order valence-corrected chi connectivity index (χ2v) is 11.6. The Labute approximate surface area is 264 Å². The summed E-state index contributed by atoms with van der Waals surface area (Å²) in [7, 11) is 2.94. The number of allylic oxidation sites excluding steroid dienone is 1. The Morgan fingerprint density at radius 3 is 2.35 bits per heavy atom. The largest absolute Gasteiger partial charge is 0.497 e. The van der Waals surface area contributed by atoms with Gasteiger partial charge in [0.05, 0.1) is 36.7 Å². The third-order valence-electron chi connectivity index (χ3n) is 9.47. The first kappa shape index (κ1) is 29.0. The van der Waals surface area contributed by atoms with Gasteiger partial charge in [0.15, 0.2) is 11.6 Å². The third kappa shape index (κ3) is 3.99. The molecule has 4 aromatic carbocycles. The molecule has 7 rings (SSSR count). The summed E-state index contributed by atoms with van der Waals surface area (Å²) in [6.45, 7) is 1.95. The average Bonchev–Trinajstić information content (AvgIpc) is 3.55. The molecule has 4 aromatic rings. The Hall–Kier alpha value is -5.77. The number of fused-ring (bicyclic) bond motifs is 6. The number of Topliss-reactive ketones (excluding diaryl/α,β-unsaturated/α-hetero) is 2. The fraction of sp³-hybridized carbons (Fsp3) is 0.194. The van der Waals surface area contributed by atoms with E-state index in [9.17, 15) is 19.7 Å². The Bertz CT molecular complexity index is 1990. The zero-order chi connectivity index (χ0) is 32.3. The minimum absolute atomic E-state index is 0.165. The van der Waals surface area contributed by atoms with E-state index >= 15 is 4.79 Å². The third-order valence-corrected chi connectivity index (χ3v) is 9.47. The summed E-state index contributed by atoms with van der Waals surface area (Å²) in [5.41, 5.74) is 2.30. The van der Waals surface area contributed by atoms with Crippen molar-refractivity contribution in [2.24, 2.45) is 5.92 Å². The first-order valence-corrected chi connectivity index (χ1v) is 14.7. The Morgan fingerprint density at radius 1 is 0.913 bits per heavy atom. The van der Waals surface area contributed by atoms with Gasteiger partial charge in [0, 0.05) is 34.6 Å². The molecule has 4 atom stereocenters. The highest BCUT2D eigenvalue weighted by molar-refractivity contribution is 6.19. The molecule has 0 unspecified atom stereocenters. The zero-order valence-corrected chi connectivity index (χ0v) is 25.2. The van der Waals surface area contributed by atoms with Gasteiger partial charge < -0.3 is 19.7 Å². The Balaban J connectivity index is 1.55. The van der Waals surface area contributed by atoms with Gasteiger partial charge in [0.25, 0.3) is 5.69 Å². The minimum Gasteiger partial charge on any atom is -0.497 e. The van der Waals surface area contributed by atoms with Crippen LogP contribution in [-0.4, -0.2) is 48.7 Å². The molecule has 1 N–H and O–H groups in total. The van der Waals surface area contributed by atoms with Crippen molar-refractivity contribution < 1.29 is 28.8 Å². The first-order chi connectivity index (χ1) is 22.2. The summed E-state index contributed by atoms with van der Waals surface area (Å²) in [6, 6.07) is 23.1.